The third-order valence-corrected chi connectivity index (χ3v) is 2.00. The molecular formula is C8H7BrFNO2. The van der Waals surface area contributed by atoms with Crippen LogP contribution in [0.25, 0.3) is 0 Å². The number of rotatable bonds is 3. The number of benzene rings is 1. The minimum Gasteiger partial charge on any atom is -0.258 e. The van der Waals surface area contributed by atoms with Gasteiger partial charge in [0.15, 0.2) is 0 Å². The van der Waals surface area contributed by atoms with Crippen LogP contribution in [0.4, 0.5) is 10.1 Å². The Morgan fingerprint density at radius 2 is 2.23 bits per heavy atom. The Kier molecular flexibility index (Phi) is 3.36. The molecule has 70 valence electrons. The van der Waals surface area contributed by atoms with Crippen molar-refractivity contribution >= 4 is 21.6 Å². The first kappa shape index (κ1) is 10.1. The molecule has 1 aromatic carbocycles. The Balaban J connectivity index is 3.03. The van der Waals surface area contributed by atoms with E-state index in [1.165, 1.54) is 6.07 Å². The molecule has 0 aliphatic carbocycles. The molecule has 0 aliphatic heterocycles. The van der Waals surface area contributed by atoms with E-state index in [0.29, 0.717) is 17.3 Å². The summed E-state index contributed by atoms with van der Waals surface area (Å²) in [5.74, 6) is -0.398. The van der Waals surface area contributed by atoms with Gasteiger partial charge in [-0.2, -0.15) is 0 Å². The lowest BCUT2D eigenvalue weighted by atomic mass is 10.1. The van der Waals surface area contributed by atoms with Gasteiger partial charge >= 0.3 is 0 Å². The fourth-order valence-electron chi connectivity index (χ4n) is 0.968. The second-order valence-corrected chi connectivity index (χ2v) is 3.26. The first-order valence-electron chi connectivity index (χ1n) is 3.64. The Bertz CT molecular complexity index is 330. The summed E-state index contributed by atoms with van der Waals surface area (Å²) in [5, 5.41) is 10.9. The number of nitro groups is 1. The summed E-state index contributed by atoms with van der Waals surface area (Å²) >= 11 is 3.15. The summed E-state index contributed by atoms with van der Waals surface area (Å²) in [5.41, 5.74) is 0.295. The molecule has 0 unspecified atom stereocenters. The third kappa shape index (κ3) is 2.48. The Hall–Kier alpha value is -0.970. The van der Waals surface area contributed by atoms with E-state index < -0.39 is 10.7 Å². The van der Waals surface area contributed by atoms with Gasteiger partial charge in [0.05, 0.1) is 4.92 Å². The topological polar surface area (TPSA) is 43.1 Å². The maximum atomic E-state index is 13.0. The first-order valence-corrected chi connectivity index (χ1v) is 4.76. The van der Waals surface area contributed by atoms with Gasteiger partial charge in [0.1, 0.15) is 5.82 Å². The first-order chi connectivity index (χ1) is 6.15. The van der Waals surface area contributed by atoms with E-state index in [4.69, 9.17) is 0 Å². The highest BCUT2D eigenvalue weighted by Gasteiger charge is 2.09. The van der Waals surface area contributed by atoms with Crippen molar-refractivity contribution in [2.75, 3.05) is 5.33 Å². The lowest BCUT2D eigenvalue weighted by molar-refractivity contribution is -0.385. The van der Waals surface area contributed by atoms with Crippen molar-refractivity contribution < 1.29 is 9.31 Å². The molecule has 13 heavy (non-hydrogen) atoms. The smallest absolute Gasteiger partial charge is 0.258 e. The minimum absolute atomic E-state index is 0.0719. The van der Waals surface area contributed by atoms with Crippen molar-refractivity contribution in [2.45, 2.75) is 6.42 Å². The van der Waals surface area contributed by atoms with E-state index in [1.54, 1.807) is 0 Å². The quantitative estimate of drug-likeness (QED) is 0.468. The minimum atomic E-state index is -0.531. The van der Waals surface area contributed by atoms with Gasteiger partial charge in [0.25, 0.3) is 5.69 Å². The van der Waals surface area contributed by atoms with E-state index in [9.17, 15) is 14.5 Å². The molecule has 3 nitrogen and oxygen atoms in total. The van der Waals surface area contributed by atoms with Crippen molar-refractivity contribution in [3.8, 4) is 0 Å². The fraction of sp³-hybridized carbons (Fsp3) is 0.250. The average Bonchev–Trinajstić information content (AvgIpc) is 2.08. The highest BCUT2D eigenvalue weighted by Crippen LogP contribution is 2.17. The number of non-ortho nitro benzene ring substituents is 1. The maximum Gasteiger partial charge on any atom is 0.269 e. The molecule has 0 saturated carbocycles. The molecule has 1 rings (SSSR count). The normalized spacial score (nSPS) is 10.0. The molecule has 0 radical (unpaired) electrons. The van der Waals surface area contributed by atoms with Gasteiger partial charge in [0, 0.05) is 17.5 Å². The number of halogens is 2. The predicted octanol–water partition coefficient (Wildman–Crippen LogP) is 2.67. The van der Waals surface area contributed by atoms with Crippen LogP contribution in [0.2, 0.25) is 0 Å². The Labute approximate surface area is 82.8 Å². The molecule has 0 saturated heterocycles. The summed E-state index contributed by atoms with van der Waals surface area (Å²) in [4.78, 5) is 9.81. The Morgan fingerprint density at radius 3 is 2.77 bits per heavy atom. The Morgan fingerprint density at radius 1 is 1.54 bits per heavy atom. The second-order valence-electron chi connectivity index (χ2n) is 2.47. The molecule has 1 aromatic rings. The van der Waals surface area contributed by atoms with Gasteiger partial charge in [-0.15, -0.1) is 0 Å². The predicted molar refractivity (Wildman–Crippen MR) is 50.6 cm³/mol. The number of hydrogen-bond donors (Lipinski definition) is 0. The van der Waals surface area contributed by atoms with Gasteiger partial charge in [-0.1, -0.05) is 15.9 Å². The largest absolute Gasteiger partial charge is 0.269 e. The van der Waals surface area contributed by atoms with Crippen LogP contribution in [-0.4, -0.2) is 10.3 Å². The van der Waals surface area contributed by atoms with Crippen LogP contribution in [0.1, 0.15) is 5.56 Å². The van der Waals surface area contributed by atoms with Crippen molar-refractivity contribution in [1.82, 2.24) is 0 Å². The number of hydrogen-bond acceptors (Lipinski definition) is 2. The van der Waals surface area contributed by atoms with E-state index in [2.05, 4.69) is 15.9 Å². The van der Waals surface area contributed by atoms with Gasteiger partial charge in [-0.25, -0.2) is 4.39 Å². The average molecular weight is 248 g/mol. The van der Waals surface area contributed by atoms with Crippen LogP contribution < -0.4 is 0 Å². The lowest BCUT2D eigenvalue weighted by Crippen LogP contribution is -1.95. The van der Waals surface area contributed by atoms with Crippen molar-refractivity contribution in [1.29, 1.82) is 0 Å². The summed E-state index contributed by atoms with van der Waals surface area (Å²) < 4.78 is 13.0. The highest BCUT2D eigenvalue weighted by molar-refractivity contribution is 9.09. The van der Waals surface area contributed by atoms with Crippen LogP contribution in [-0.2, 0) is 6.42 Å². The van der Waals surface area contributed by atoms with Gasteiger partial charge in [-0.05, 0) is 18.1 Å². The van der Waals surface area contributed by atoms with Crippen molar-refractivity contribution in [2.24, 2.45) is 0 Å². The van der Waals surface area contributed by atoms with E-state index in [-0.39, 0.29) is 5.69 Å². The number of aryl methyl sites for hydroxylation is 1. The summed E-state index contributed by atoms with van der Waals surface area (Å²) in [7, 11) is 0. The zero-order chi connectivity index (χ0) is 9.84. The van der Waals surface area contributed by atoms with Crippen LogP contribution >= 0.6 is 15.9 Å². The van der Waals surface area contributed by atoms with E-state index in [1.807, 2.05) is 0 Å². The zero-order valence-corrected chi connectivity index (χ0v) is 8.25. The molecule has 0 amide bonds. The maximum absolute atomic E-state index is 13.0. The van der Waals surface area contributed by atoms with Gasteiger partial charge in [-0.3, -0.25) is 10.1 Å². The molecule has 0 spiro atoms. The summed E-state index contributed by atoms with van der Waals surface area (Å²) in [6.07, 6.45) is 0.452. The van der Waals surface area contributed by atoms with Crippen molar-refractivity contribution in [3.05, 3.63) is 39.7 Å². The van der Waals surface area contributed by atoms with Crippen LogP contribution in [0, 0.1) is 15.9 Å². The zero-order valence-electron chi connectivity index (χ0n) is 6.67. The highest BCUT2D eigenvalue weighted by atomic mass is 79.9. The third-order valence-electron chi connectivity index (χ3n) is 1.60. The molecule has 5 heteroatoms. The molecule has 0 N–H and O–H groups in total. The number of nitro benzene ring substituents is 1. The molecule has 0 aromatic heterocycles. The van der Waals surface area contributed by atoms with Crippen molar-refractivity contribution in [3.63, 3.8) is 0 Å². The molecule has 0 fully saturated rings. The number of alkyl halides is 1. The molecule has 0 aliphatic rings. The lowest BCUT2D eigenvalue weighted by Gasteiger charge is -1.99. The number of nitrogens with zero attached hydrogens (tertiary/aromatic N) is 1. The SMILES string of the molecule is O=[N+]([O-])c1ccc(F)c(CCBr)c1. The monoisotopic (exact) mass is 247 g/mol. The summed E-state index contributed by atoms with van der Waals surface area (Å²) in [6.45, 7) is 0. The van der Waals surface area contributed by atoms with E-state index in [0.717, 1.165) is 12.1 Å². The molecule has 0 atom stereocenters. The van der Waals surface area contributed by atoms with Crippen LogP contribution in [0.3, 0.4) is 0 Å². The van der Waals surface area contributed by atoms with Crippen LogP contribution in [0.5, 0.6) is 0 Å². The molecule has 0 heterocycles. The fourth-order valence-corrected chi connectivity index (χ4v) is 1.40. The van der Waals surface area contributed by atoms with Gasteiger partial charge in [0.2, 0.25) is 0 Å². The summed E-state index contributed by atoms with van der Waals surface area (Å²) in [6, 6.07) is 3.54. The standard InChI is InChI=1S/C8H7BrFNO2/c9-4-3-6-5-7(11(12)13)1-2-8(6)10/h1-2,5H,3-4H2. The molecular weight excluding hydrogens is 241 g/mol. The second kappa shape index (κ2) is 4.32. The van der Waals surface area contributed by atoms with E-state index >= 15 is 0 Å². The van der Waals surface area contributed by atoms with Gasteiger partial charge < -0.3 is 0 Å². The van der Waals surface area contributed by atoms with Crippen LogP contribution in [0.15, 0.2) is 18.2 Å². The molecule has 0 bridgehead atoms.